The summed E-state index contributed by atoms with van der Waals surface area (Å²) in [7, 11) is 0. The van der Waals surface area contributed by atoms with E-state index in [1.54, 1.807) is 0 Å². The summed E-state index contributed by atoms with van der Waals surface area (Å²) in [5.74, 6) is 1.43. The van der Waals surface area contributed by atoms with Crippen LogP contribution in [0, 0.1) is 6.92 Å². The fourth-order valence-corrected chi connectivity index (χ4v) is 1.51. The van der Waals surface area contributed by atoms with E-state index in [9.17, 15) is 0 Å². The summed E-state index contributed by atoms with van der Waals surface area (Å²) < 4.78 is 0. The molecule has 0 saturated carbocycles. The van der Waals surface area contributed by atoms with E-state index < -0.39 is 0 Å². The summed E-state index contributed by atoms with van der Waals surface area (Å²) >= 11 is 0. The van der Waals surface area contributed by atoms with E-state index in [1.807, 2.05) is 6.92 Å². The lowest BCUT2D eigenvalue weighted by Crippen LogP contribution is -2.06. The zero-order chi connectivity index (χ0) is 9.84. The van der Waals surface area contributed by atoms with Gasteiger partial charge in [0.1, 0.15) is 11.6 Å². The van der Waals surface area contributed by atoms with Crippen LogP contribution in [0.25, 0.3) is 0 Å². The lowest BCUT2D eigenvalue weighted by atomic mass is 10.1. The van der Waals surface area contributed by atoms with Crippen LogP contribution in [0.3, 0.4) is 0 Å². The maximum absolute atomic E-state index is 5.81. The zero-order valence-electron chi connectivity index (χ0n) is 8.59. The van der Waals surface area contributed by atoms with Crippen LogP contribution >= 0.6 is 0 Å². The van der Waals surface area contributed by atoms with Crippen LogP contribution in [0.5, 0.6) is 0 Å². The van der Waals surface area contributed by atoms with Gasteiger partial charge in [-0.2, -0.15) is 0 Å². The van der Waals surface area contributed by atoms with Gasteiger partial charge in [0, 0.05) is 11.3 Å². The number of anilines is 1. The van der Waals surface area contributed by atoms with Crippen molar-refractivity contribution in [3.63, 3.8) is 0 Å². The minimum atomic E-state index is 0.651. The second kappa shape index (κ2) is 4.21. The molecular formula is C10H17N3. The number of aromatic nitrogens is 2. The average Bonchev–Trinajstić information content (AvgIpc) is 2.04. The summed E-state index contributed by atoms with van der Waals surface area (Å²) in [5, 5.41) is 0. The molecule has 0 radical (unpaired) electrons. The maximum Gasteiger partial charge on any atom is 0.130 e. The van der Waals surface area contributed by atoms with Crippen molar-refractivity contribution in [1.29, 1.82) is 0 Å². The van der Waals surface area contributed by atoms with Gasteiger partial charge in [0.2, 0.25) is 0 Å². The second-order valence-corrected chi connectivity index (χ2v) is 3.18. The highest BCUT2D eigenvalue weighted by Gasteiger charge is 2.07. The lowest BCUT2D eigenvalue weighted by Gasteiger charge is -2.08. The van der Waals surface area contributed by atoms with E-state index in [-0.39, 0.29) is 0 Å². The largest absolute Gasteiger partial charge is 0.383 e. The van der Waals surface area contributed by atoms with Gasteiger partial charge in [-0.05, 0) is 19.8 Å². The van der Waals surface area contributed by atoms with Gasteiger partial charge in [0.15, 0.2) is 0 Å². The Labute approximate surface area is 79.4 Å². The van der Waals surface area contributed by atoms with Crippen molar-refractivity contribution in [2.45, 2.75) is 40.0 Å². The summed E-state index contributed by atoms with van der Waals surface area (Å²) in [4.78, 5) is 8.56. The minimum Gasteiger partial charge on any atom is -0.383 e. The van der Waals surface area contributed by atoms with Crippen molar-refractivity contribution in [1.82, 2.24) is 9.97 Å². The molecule has 0 aliphatic rings. The summed E-state index contributed by atoms with van der Waals surface area (Å²) in [6.45, 7) is 6.12. The van der Waals surface area contributed by atoms with Crippen molar-refractivity contribution >= 4 is 5.82 Å². The molecule has 72 valence electrons. The fourth-order valence-electron chi connectivity index (χ4n) is 1.51. The number of nitrogens with two attached hydrogens (primary N) is 1. The molecule has 1 aromatic heterocycles. The Morgan fingerprint density at radius 3 is 2.46 bits per heavy atom. The van der Waals surface area contributed by atoms with Crippen LogP contribution in [-0.4, -0.2) is 9.97 Å². The van der Waals surface area contributed by atoms with E-state index in [0.717, 1.165) is 36.3 Å². The van der Waals surface area contributed by atoms with E-state index in [0.29, 0.717) is 5.82 Å². The zero-order valence-corrected chi connectivity index (χ0v) is 8.59. The Bertz CT molecular complexity index is 294. The molecule has 1 heterocycles. The third-order valence-electron chi connectivity index (χ3n) is 2.08. The number of rotatable bonds is 3. The first kappa shape index (κ1) is 9.96. The molecule has 1 aromatic rings. The van der Waals surface area contributed by atoms with Crippen LogP contribution in [0.15, 0.2) is 0 Å². The highest BCUT2D eigenvalue weighted by Crippen LogP contribution is 2.15. The molecule has 0 spiro atoms. The maximum atomic E-state index is 5.81. The molecule has 1 rings (SSSR count). The first-order chi connectivity index (χ1) is 6.19. The molecule has 0 bridgehead atoms. The number of hydrogen-bond acceptors (Lipinski definition) is 3. The summed E-state index contributed by atoms with van der Waals surface area (Å²) in [6, 6.07) is 0. The van der Waals surface area contributed by atoms with Crippen LogP contribution in [0.1, 0.15) is 37.4 Å². The molecule has 0 fully saturated rings. The van der Waals surface area contributed by atoms with Crippen LogP contribution < -0.4 is 5.73 Å². The normalized spacial score (nSPS) is 10.4. The number of hydrogen-bond donors (Lipinski definition) is 1. The highest BCUT2D eigenvalue weighted by molar-refractivity contribution is 5.42. The molecule has 0 aliphatic carbocycles. The van der Waals surface area contributed by atoms with Gasteiger partial charge < -0.3 is 5.73 Å². The van der Waals surface area contributed by atoms with Crippen LogP contribution in [0.2, 0.25) is 0 Å². The first-order valence-electron chi connectivity index (χ1n) is 4.80. The van der Waals surface area contributed by atoms with Gasteiger partial charge >= 0.3 is 0 Å². The van der Waals surface area contributed by atoms with Crippen molar-refractivity contribution in [2.75, 3.05) is 5.73 Å². The fraction of sp³-hybridized carbons (Fsp3) is 0.600. The standard InChI is InChI=1S/C10H17N3/c1-4-6-9-8(5-2)10(11)13-7(3)12-9/h4-6H2,1-3H3,(H2,11,12,13). The van der Waals surface area contributed by atoms with Crippen LogP contribution in [0.4, 0.5) is 5.82 Å². The first-order valence-corrected chi connectivity index (χ1v) is 4.80. The Hall–Kier alpha value is -1.12. The molecule has 0 atom stereocenters. The summed E-state index contributed by atoms with van der Waals surface area (Å²) in [6.07, 6.45) is 3.01. The van der Waals surface area contributed by atoms with Gasteiger partial charge in [0.05, 0.1) is 0 Å². The number of aryl methyl sites for hydroxylation is 2. The molecule has 0 aromatic carbocycles. The van der Waals surface area contributed by atoms with Gasteiger partial charge in [-0.3, -0.25) is 0 Å². The topological polar surface area (TPSA) is 51.8 Å². The number of nitrogens with zero attached hydrogens (tertiary/aromatic N) is 2. The van der Waals surface area contributed by atoms with Crippen LogP contribution in [-0.2, 0) is 12.8 Å². The molecule has 0 aliphatic heterocycles. The molecule has 13 heavy (non-hydrogen) atoms. The molecule has 0 unspecified atom stereocenters. The van der Waals surface area contributed by atoms with Gasteiger partial charge in [-0.1, -0.05) is 20.3 Å². The average molecular weight is 179 g/mol. The Morgan fingerprint density at radius 2 is 1.92 bits per heavy atom. The van der Waals surface area contributed by atoms with Crippen molar-refractivity contribution in [2.24, 2.45) is 0 Å². The molecule has 0 amide bonds. The Balaban J connectivity index is 3.13. The van der Waals surface area contributed by atoms with Gasteiger partial charge in [-0.15, -0.1) is 0 Å². The Morgan fingerprint density at radius 1 is 1.23 bits per heavy atom. The minimum absolute atomic E-state index is 0.651. The monoisotopic (exact) mass is 179 g/mol. The highest BCUT2D eigenvalue weighted by atomic mass is 14.9. The predicted octanol–water partition coefficient (Wildman–Crippen LogP) is 1.88. The quantitative estimate of drug-likeness (QED) is 0.770. The molecule has 3 nitrogen and oxygen atoms in total. The van der Waals surface area contributed by atoms with Crippen molar-refractivity contribution in [3.8, 4) is 0 Å². The molecule has 3 heteroatoms. The van der Waals surface area contributed by atoms with E-state index in [4.69, 9.17) is 5.73 Å². The molecule has 2 N–H and O–H groups in total. The van der Waals surface area contributed by atoms with E-state index in [2.05, 4.69) is 23.8 Å². The molecular weight excluding hydrogens is 162 g/mol. The second-order valence-electron chi connectivity index (χ2n) is 3.18. The predicted molar refractivity (Wildman–Crippen MR) is 54.6 cm³/mol. The Kier molecular flexibility index (Phi) is 3.23. The SMILES string of the molecule is CCCc1nc(C)nc(N)c1CC. The molecule has 0 saturated heterocycles. The number of nitrogen functional groups attached to an aromatic ring is 1. The van der Waals surface area contributed by atoms with E-state index >= 15 is 0 Å². The smallest absolute Gasteiger partial charge is 0.130 e. The third-order valence-corrected chi connectivity index (χ3v) is 2.08. The summed E-state index contributed by atoms with van der Waals surface area (Å²) in [5.41, 5.74) is 8.05. The van der Waals surface area contributed by atoms with Gasteiger partial charge in [-0.25, -0.2) is 9.97 Å². The van der Waals surface area contributed by atoms with Crippen molar-refractivity contribution in [3.05, 3.63) is 17.1 Å². The van der Waals surface area contributed by atoms with Crippen molar-refractivity contribution < 1.29 is 0 Å². The van der Waals surface area contributed by atoms with Gasteiger partial charge in [0.25, 0.3) is 0 Å². The third kappa shape index (κ3) is 2.17. The van der Waals surface area contributed by atoms with E-state index in [1.165, 1.54) is 0 Å². The lowest BCUT2D eigenvalue weighted by molar-refractivity contribution is 0.831.